The Labute approximate surface area is 178 Å². The van der Waals surface area contributed by atoms with E-state index in [4.69, 9.17) is 5.73 Å². The first kappa shape index (κ1) is 19.3. The zero-order chi connectivity index (χ0) is 20.5. The molecule has 0 aliphatic heterocycles. The van der Waals surface area contributed by atoms with Crippen LogP contribution in [0.1, 0.15) is 25.9 Å². The number of carbonyl (C=O) groups is 2. The molecule has 0 saturated heterocycles. The molecule has 0 bridgehead atoms. The highest BCUT2D eigenvalue weighted by Gasteiger charge is 2.22. The van der Waals surface area contributed by atoms with Gasteiger partial charge in [0, 0.05) is 17.5 Å². The number of primary amides is 1. The minimum absolute atomic E-state index is 0.0293. The number of benzene rings is 1. The lowest BCUT2D eigenvalue weighted by atomic mass is 10.1. The van der Waals surface area contributed by atoms with Crippen LogP contribution < -0.4 is 5.73 Å². The minimum Gasteiger partial charge on any atom is -0.364 e. The van der Waals surface area contributed by atoms with Crippen LogP contribution in [-0.2, 0) is 6.54 Å². The molecule has 0 unspecified atom stereocenters. The number of hydrogen-bond donors (Lipinski definition) is 1. The molecule has 0 spiro atoms. The Kier molecular flexibility index (Phi) is 5.16. The Hall–Kier alpha value is -3.04. The van der Waals surface area contributed by atoms with Gasteiger partial charge >= 0.3 is 0 Å². The second kappa shape index (κ2) is 7.76. The summed E-state index contributed by atoms with van der Waals surface area (Å²) < 4.78 is 2.52. The van der Waals surface area contributed by atoms with E-state index >= 15 is 0 Å². The first-order valence-corrected chi connectivity index (χ1v) is 10.3. The maximum atomic E-state index is 13.3. The highest BCUT2D eigenvalue weighted by molar-refractivity contribution is 9.11. The summed E-state index contributed by atoms with van der Waals surface area (Å²) in [5, 5.41) is 0. The SMILES string of the molecule is CN(Cc1ccc(Br)s1)C(=O)c1cc(-c2ccccc2)nc2c(C(N)=O)ncn12. The van der Waals surface area contributed by atoms with Crippen molar-refractivity contribution in [3.05, 3.63) is 74.9 Å². The van der Waals surface area contributed by atoms with Gasteiger partial charge in [0.2, 0.25) is 0 Å². The number of fused-ring (bicyclic) bond motifs is 1. The van der Waals surface area contributed by atoms with Crippen LogP contribution in [0.3, 0.4) is 0 Å². The molecule has 7 nitrogen and oxygen atoms in total. The molecule has 4 rings (SSSR count). The van der Waals surface area contributed by atoms with Crippen molar-refractivity contribution in [2.75, 3.05) is 7.05 Å². The van der Waals surface area contributed by atoms with Crippen LogP contribution in [-0.4, -0.2) is 38.1 Å². The molecular formula is C20H16BrN5O2S. The summed E-state index contributed by atoms with van der Waals surface area (Å²) in [5.74, 6) is -0.909. The number of imidazole rings is 1. The molecule has 4 aromatic rings. The first-order chi connectivity index (χ1) is 13.9. The van der Waals surface area contributed by atoms with Crippen LogP contribution in [0.25, 0.3) is 16.9 Å². The van der Waals surface area contributed by atoms with Gasteiger partial charge in [-0.2, -0.15) is 0 Å². The van der Waals surface area contributed by atoms with Crippen molar-refractivity contribution in [2.45, 2.75) is 6.54 Å². The number of aromatic nitrogens is 3. The van der Waals surface area contributed by atoms with Gasteiger partial charge in [-0.1, -0.05) is 30.3 Å². The van der Waals surface area contributed by atoms with Gasteiger partial charge in [0.1, 0.15) is 12.0 Å². The number of thiophene rings is 1. The summed E-state index contributed by atoms with van der Waals surface area (Å²) in [5.41, 5.74) is 7.48. The van der Waals surface area contributed by atoms with Crippen LogP contribution in [0.5, 0.6) is 0 Å². The predicted octanol–water partition coefficient (Wildman–Crippen LogP) is 3.59. The van der Waals surface area contributed by atoms with E-state index in [1.165, 1.54) is 10.7 Å². The van der Waals surface area contributed by atoms with E-state index < -0.39 is 5.91 Å². The molecule has 1 aromatic carbocycles. The Morgan fingerprint density at radius 1 is 1.21 bits per heavy atom. The largest absolute Gasteiger partial charge is 0.364 e. The third-order valence-electron chi connectivity index (χ3n) is 4.39. The molecule has 0 aliphatic rings. The van der Waals surface area contributed by atoms with Crippen LogP contribution in [0.15, 0.2) is 58.6 Å². The van der Waals surface area contributed by atoms with Crippen molar-refractivity contribution in [3.8, 4) is 11.3 Å². The highest BCUT2D eigenvalue weighted by atomic mass is 79.9. The molecule has 29 heavy (non-hydrogen) atoms. The molecule has 0 saturated carbocycles. The lowest BCUT2D eigenvalue weighted by molar-refractivity contribution is 0.0778. The maximum Gasteiger partial charge on any atom is 0.271 e. The van der Waals surface area contributed by atoms with Crippen molar-refractivity contribution >= 4 is 44.7 Å². The zero-order valence-corrected chi connectivity index (χ0v) is 17.8. The van der Waals surface area contributed by atoms with Gasteiger partial charge in [0.15, 0.2) is 11.3 Å². The lowest BCUT2D eigenvalue weighted by Crippen LogP contribution is -2.28. The number of hydrogen-bond acceptors (Lipinski definition) is 5. The summed E-state index contributed by atoms with van der Waals surface area (Å²) in [7, 11) is 1.73. The Morgan fingerprint density at radius 3 is 2.62 bits per heavy atom. The van der Waals surface area contributed by atoms with Gasteiger partial charge in [-0.3, -0.25) is 14.0 Å². The molecule has 146 valence electrons. The molecule has 0 atom stereocenters. The fourth-order valence-corrected chi connectivity index (χ4v) is 4.54. The van der Waals surface area contributed by atoms with E-state index in [0.29, 0.717) is 17.9 Å². The molecule has 3 heterocycles. The van der Waals surface area contributed by atoms with Gasteiger partial charge in [-0.05, 0) is 34.1 Å². The fraction of sp³-hybridized carbons (Fsp3) is 0.100. The van der Waals surface area contributed by atoms with Crippen molar-refractivity contribution in [3.63, 3.8) is 0 Å². The fourth-order valence-electron chi connectivity index (χ4n) is 3.00. The second-order valence-corrected chi connectivity index (χ2v) is 8.96. The molecule has 3 aromatic heterocycles. The summed E-state index contributed by atoms with van der Waals surface area (Å²) in [6.07, 6.45) is 1.40. The Bertz CT molecular complexity index is 1220. The van der Waals surface area contributed by atoms with E-state index in [-0.39, 0.29) is 17.2 Å². The third-order valence-corrected chi connectivity index (χ3v) is 6.00. The summed E-state index contributed by atoms with van der Waals surface area (Å²) in [6.45, 7) is 0.455. The smallest absolute Gasteiger partial charge is 0.271 e. The van der Waals surface area contributed by atoms with Crippen LogP contribution >= 0.6 is 27.3 Å². The van der Waals surface area contributed by atoms with Crippen molar-refractivity contribution in [1.82, 2.24) is 19.3 Å². The molecule has 9 heteroatoms. The number of nitrogens with zero attached hydrogens (tertiary/aromatic N) is 4. The van der Waals surface area contributed by atoms with Gasteiger partial charge in [0.25, 0.3) is 11.8 Å². The molecule has 0 fully saturated rings. The summed E-state index contributed by atoms with van der Waals surface area (Å²) in [4.78, 5) is 36.3. The van der Waals surface area contributed by atoms with E-state index in [9.17, 15) is 9.59 Å². The van der Waals surface area contributed by atoms with Crippen LogP contribution in [0.4, 0.5) is 0 Å². The van der Waals surface area contributed by atoms with Gasteiger partial charge in [-0.15, -0.1) is 11.3 Å². The summed E-state index contributed by atoms with van der Waals surface area (Å²) in [6, 6.07) is 15.1. The van der Waals surface area contributed by atoms with E-state index in [1.807, 2.05) is 42.5 Å². The average molecular weight is 470 g/mol. The van der Waals surface area contributed by atoms with Crippen molar-refractivity contribution < 1.29 is 9.59 Å². The van der Waals surface area contributed by atoms with Crippen molar-refractivity contribution in [2.24, 2.45) is 5.73 Å². The van der Waals surface area contributed by atoms with E-state index in [0.717, 1.165) is 14.2 Å². The molecule has 0 aliphatic carbocycles. The standard InChI is InChI=1S/C20H16BrN5O2S/c1-25(10-13-7-8-16(21)29-13)20(28)15-9-14(12-5-3-2-4-6-12)24-19-17(18(22)27)23-11-26(15)19/h2-9,11H,10H2,1H3,(H2,22,27). The number of halogens is 1. The van der Waals surface area contributed by atoms with Crippen LogP contribution in [0.2, 0.25) is 0 Å². The number of carbonyl (C=O) groups excluding carboxylic acids is 2. The number of amides is 2. The minimum atomic E-state index is -0.694. The molecule has 0 radical (unpaired) electrons. The quantitative estimate of drug-likeness (QED) is 0.483. The topological polar surface area (TPSA) is 93.6 Å². The Balaban J connectivity index is 1.81. The number of rotatable bonds is 5. The van der Waals surface area contributed by atoms with Gasteiger partial charge in [-0.25, -0.2) is 9.97 Å². The molecule has 2 N–H and O–H groups in total. The number of nitrogens with two attached hydrogens (primary N) is 1. The zero-order valence-electron chi connectivity index (χ0n) is 15.4. The average Bonchev–Trinajstić information content (AvgIpc) is 3.33. The molecule has 2 amide bonds. The van der Waals surface area contributed by atoms with Crippen LogP contribution in [0, 0.1) is 0 Å². The normalized spacial score (nSPS) is 11.0. The Morgan fingerprint density at radius 2 is 1.97 bits per heavy atom. The van der Waals surface area contributed by atoms with E-state index in [1.54, 1.807) is 29.4 Å². The lowest BCUT2D eigenvalue weighted by Gasteiger charge is -2.18. The van der Waals surface area contributed by atoms with Gasteiger partial charge < -0.3 is 10.6 Å². The predicted molar refractivity (Wildman–Crippen MR) is 115 cm³/mol. The molecular weight excluding hydrogens is 454 g/mol. The highest BCUT2D eigenvalue weighted by Crippen LogP contribution is 2.25. The third kappa shape index (κ3) is 3.79. The van der Waals surface area contributed by atoms with E-state index in [2.05, 4.69) is 25.9 Å². The van der Waals surface area contributed by atoms with Gasteiger partial charge in [0.05, 0.1) is 16.0 Å². The van der Waals surface area contributed by atoms with Crippen molar-refractivity contribution in [1.29, 1.82) is 0 Å². The summed E-state index contributed by atoms with van der Waals surface area (Å²) >= 11 is 5.01. The maximum absolute atomic E-state index is 13.3. The second-order valence-electron chi connectivity index (χ2n) is 6.41. The monoisotopic (exact) mass is 469 g/mol. The first-order valence-electron chi connectivity index (χ1n) is 8.67.